The number of benzene rings is 2. The zero-order chi connectivity index (χ0) is 17.3. The van der Waals surface area contributed by atoms with Crippen LogP contribution in [0, 0.1) is 18.3 Å². The summed E-state index contributed by atoms with van der Waals surface area (Å²) in [4.78, 5) is 0. The summed E-state index contributed by atoms with van der Waals surface area (Å²) in [5.41, 5.74) is 9.32. The maximum absolute atomic E-state index is 9.52. The van der Waals surface area contributed by atoms with E-state index in [-0.39, 0.29) is 5.82 Å². The lowest BCUT2D eigenvalue weighted by Crippen LogP contribution is -2.02. The van der Waals surface area contributed by atoms with Crippen molar-refractivity contribution in [1.82, 2.24) is 9.78 Å². The molecule has 0 saturated heterocycles. The van der Waals surface area contributed by atoms with E-state index in [2.05, 4.69) is 11.2 Å². The Balaban J connectivity index is 2.21. The highest BCUT2D eigenvalue weighted by Crippen LogP contribution is 2.34. The summed E-state index contributed by atoms with van der Waals surface area (Å²) in [5.74, 6) is 0.938. The smallest absolute Gasteiger partial charge is 0.145 e. The van der Waals surface area contributed by atoms with Crippen LogP contribution in [-0.2, 0) is 0 Å². The first kappa shape index (κ1) is 15.9. The largest absolute Gasteiger partial charge is 0.497 e. The number of nitrogens with zero attached hydrogens (tertiary/aromatic N) is 3. The Morgan fingerprint density at radius 3 is 2.71 bits per heavy atom. The van der Waals surface area contributed by atoms with E-state index in [0.29, 0.717) is 33.3 Å². The molecule has 0 bridgehead atoms. The molecule has 24 heavy (non-hydrogen) atoms. The fourth-order valence-electron chi connectivity index (χ4n) is 2.48. The third-order valence-electron chi connectivity index (χ3n) is 3.71. The number of anilines is 1. The lowest BCUT2D eigenvalue weighted by molar-refractivity contribution is 0.414. The number of aromatic nitrogens is 2. The Bertz CT molecular complexity index is 956. The standard InChI is InChI=1S/C18H15ClN4O/c1-11-6-7-14(16(19)8-11)17-15(10-20)18(21)23(22-17)12-4-3-5-13(9-12)24-2/h3-9H,21H2,1-2H3. The van der Waals surface area contributed by atoms with Gasteiger partial charge in [0.1, 0.15) is 28.9 Å². The minimum absolute atomic E-state index is 0.261. The fraction of sp³-hybridized carbons (Fsp3) is 0.111. The molecule has 5 nitrogen and oxygen atoms in total. The van der Waals surface area contributed by atoms with Crippen LogP contribution < -0.4 is 10.5 Å². The number of nitrogens with two attached hydrogens (primary N) is 1. The minimum atomic E-state index is 0.261. The highest BCUT2D eigenvalue weighted by Gasteiger charge is 2.20. The van der Waals surface area contributed by atoms with Crippen molar-refractivity contribution in [3.05, 3.63) is 58.6 Å². The second-order valence-electron chi connectivity index (χ2n) is 5.32. The molecule has 0 amide bonds. The van der Waals surface area contributed by atoms with Crippen LogP contribution >= 0.6 is 11.6 Å². The van der Waals surface area contributed by atoms with Crippen LogP contribution in [-0.4, -0.2) is 16.9 Å². The Kier molecular flexibility index (Phi) is 4.15. The highest BCUT2D eigenvalue weighted by atomic mass is 35.5. The summed E-state index contributed by atoms with van der Waals surface area (Å²) < 4.78 is 6.75. The van der Waals surface area contributed by atoms with Crippen LogP contribution in [0.25, 0.3) is 16.9 Å². The molecule has 3 rings (SSSR count). The number of methoxy groups -OCH3 is 1. The first-order valence-corrected chi connectivity index (χ1v) is 7.62. The summed E-state index contributed by atoms with van der Waals surface area (Å²) in [6.45, 7) is 1.95. The Labute approximate surface area is 144 Å². The quantitative estimate of drug-likeness (QED) is 0.784. The first-order chi connectivity index (χ1) is 11.5. The number of nitriles is 1. The molecule has 3 aromatic rings. The average molecular weight is 339 g/mol. The van der Waals surface area contributed by atoms with E-state index in [4.69, 9.17) is 22.1 Å². The zero-order valence-corrected chi connectivity index (χ0v) is 14.0. The summed E-state index contributed by atoms with van der Waals surface area (Å²) >= 11 is 6.33. The fourth-order valence-corrected chi connectivity index (χ4v) is 2.81. The van der Waals surface area contributed by atoms with Crippen LogP contribution in [0.1, 0.15) is 11.1 Å². The van der Waals surface area contributed by atoms with Gasteiger partial charge in [-0.3, -0.25) is 0 Å². The number of hydrogen-bond acceptors (Lipinski definition) is 4. The van der Waals surface area contributed by atoms with Gasteiger partial charge in [-0.1, -0.05) is 29.8 Å². The average Bonchev–Trinajstić information content (AvgIpc) is 2.91. The van der Waals surface area contributed by atoms with Crippen LogP contribution in [0.15, 0.2) is 42.5 Å². The van der Waals surface area contributed by atoms with Crippen molar-refractivity contribution in [1.29, 1.82) is 5.26 Å². The number of rotatable bonds is 3. The molecular formula is C18H15ClN4O. The molecule has 0 saturated carbocycles. The van der Waals surface area contributed by atoms with Crippen LogP contribution in [0.2, 0.25) is 5.02 Å². The molecule has 0 fully saturated rings. The molecule has 6 heteroatoms. The first-order valence-electron chi connectivity index (χ1n) is 7.24. The van der Waals surface area contributed by atoms with E-state index in [1.54, 1.807) is 13.2 Å². The van der Waals surface area contributed by atoms with E-state index in [0.717, 1.165) is 5.56 Å². The van der Waals surface area contributed by atoms with Crippen LogP contribution in [0.4, 0.5) is 5.82 Å². The molecule has 2 aromatic carbocycles. The molecular weight excluding hydrogens is 324 g/mol. The monoisotopic (exact) mass is 338 g/mol. The van der Waals surface area contributed by atoms with E-state index in [1.165, 1.54) is 4.68 Å². The minimum Gasteiger partial charge on any atom is -0.497 e. The topological polar surface area (TPSA) is 76.9 Å². The number of nitrogen functional groups attached to an aromatic ring is 1. The predicted octanol–water partition coefficient (Wildman–Crippen LogP) is 3.96. The maximum atomic E-state index is 9.52. The molecule has 2 N–H and O–H groups in total. The van der Waals surface area contributed by atoms with E-state index < -0.39 is 0 Å². The van der Waals surface area contributed by atoms with Gasteiger partial charge in [0.05, 0.1) is 17.8 Å². The van der Waals surface area contributed by atoms with Crippen molar-refractivity contribution < 1.29 is 4.74 Å². The second kappa shape index (κ2) is 6.26. The van der Waals surface area contributed by atoms with Crippen molar-refractivity contribution in [2.24, 2.45) is 0 Å². The zero-order valence-electron chi connectivity index (χ0n) is 13.2. The van der Waals surface area contributed by atoms with Crippen molar-refractivity contribution in [2.45, 2.75) is 6.92 Å². The van der Waals surface area contributed by atoms with Crippen molar-refractivity contribution in [2.75, 3.05) is 12.8 Å². The molecule has 0 aliphatic rings. The molecule has 0 atom stereocenters. The van der Waals surface area contributed by atoms with Crippen LogP contribution in [0.3, 0.4) is 0 Å². The predicted molar refractivity (Wildman–Crippen MR) is 94.4 cm³/mol. The maximum Gasteiger partial charge on any atom is 0.145 e. The van der Waals surface area contributed by atoms with Gasteiger partial charge in [0.2, 0.25) is 0 Å². The van der Waals surface area contributed by atoms with Gasteiger partial charge in [0.25, 0.3) is 0 Å². The van der Waals surface area contributed by atoms with Gasteiger partial charge in [-0.15, -0.1) is 0 Å². The second-order valence-corrected chi connectivity index (χ2v) is 5.72. The van der Waals surface area contributed by atoms with Gasteiger partial charge in [-0.2, -0.15) is 10.4 Å². The number of ether oxygens (including phenoxy) is 1. The van der Waals surface area contributed by atoms with Gasteiger partial charge < -0.3 is 10.5 Å². The third kappa shape index (κ3) is 2.68. The molecule has 0 radical (unpaired) electrons. The molecule has 0 aliphatic heterocycles. The van der Waals surface area contributed by atoms with E-state index >= 15 is 0 Å². The molecule has 120 valence electrons. The SMILES string of the molecule is COc1cccc(-n2nc(-c3ccc(C)cc3Cl)c(C#N)c2N)c1. The normalized spacial score (nSPS) is 10.4. The van der Waals surface area contributed by atoms with Crippen LogP contribution in [0.5, 0.6) is 5.75 Å². The molecule has 0 unspecified atom stereocenters. The molecule has 1 heterocycles. The van der Waals surface area contributed by atoms with Gasteiger partial charge >= 0.3 is 0 Å². The Hall–Kier alpha value is -2.97. The van der Waals surface area contributed by atoms with Crippen molar-refractivity contribution in [3.8, 4) is 28.8 Å². The number of aryl methyl sites for hydroxylation is 1. The summed E-state index contributed by atoms with van der Waals surface area (Å²) in [6.07, 6.45) is 0. The van der Waals surface area contributed by atoms with Crippen molar-refractivity contribution in [3.63, 3.8) is 0 Å². The molecule has 0 spiro atoms. The van der Waals surface area contributed by atoms with E-state index in [9.17, 15) is 5.26 Å². The lowest BCUT2D eigenvalue weighted by Gasteiger charge is -2.06. The van der Waals surface area contributed by atoms with Gasteiger partial charge in [0, 0.05) is 11.6 Å². The highest BCUT2D eigenvalue weighted by molar-refractivity contribution is 6.33. The van der Waals surface area contributed by atoms with Crippen molar-refractivity contribution >= 4 is 17.4 Å². The number of halogens is 1. The van der Waals surface area contributed by atoms with Gasteiger partial charge in [-0.25, -0.2) is 4.68 Å². The van der Waals surface area contributed by atoms with E-state index in [1.807, 2.05) is 43.3 Å². The third-order valence-corrected chi connectivity index (χ3v) is 4.02. The molecule has 0 aliphatic carbocycles. The number of hydrogen-bond donors (Lipinski definition) is 1. The summed E-state index contributed by atoms with van der Waals surface area (Å²) in [6, 6.07) is 15.0. The Morgan fingerprint density at radius 2 is 2.04 bits per heavy atom. The lowest BCUT2D eigenvalue weighted by atomic mass is 10.1. The summed E-state index contributed by atoms with van der Waals surface area (Å²) in [7, 11) is 1.59. The summed E-state index contributed by atoms with van der Waals surface area (Å²) in [5, 5.41) is 14.6. The van der Waals surface area contributed by atoms with Gasteiger partial charge in [0.15, 0.2) is 0 Å². The molecule has 1 aromatic heterocycles. The Morgan fingerprint density at radius 1 is 1.25 bits per heavy atom. The van der Waals surface area contributed by atoms with Gasteiger partial charge in [-0.05, 0) is 30.7 Å².